The predicted molar refractivity (Wildman–Crippen MR) is 66.3 cm³/mol. The van der Waals surface area contributed by atoms with Crippen LogP contribution in [0.5, 0.6) is 0 Å². The van der Waals surface area contributed by atoms with Crippen molar-refractivity contribution in [3.63, 3.8) is 0 Å². The van der Waals surface area contributed by atoms with Crippen molar-refractivity contribution in [1.82, 2.24) is 0 Å². The van der Waals surface area contributed by atoms with Gasteiger partial charge in [-0.25, -0.2) is 4.79 Å². The van der Waals surface area contributed by atoms with Crippen LogP contribution in [0.2, 0.25) is 0 Å². The number of ether oxygens (including phenoxy) is 1. The van der Waals surface area contributed by atoms with E-state index in [-0.39, 0.29) is 17.6 Å². The highest BCUT2D eigenvalue weighted by Crippen LogP contribution is 2.26. The molecule has 2 nitrogen and oxygen atoms in total. The Morgan fingerprint density at radius 3 is 2.61 bits per heavy atom. The second kappa shape index (κ2) is 6.69. The van der Waals surface area contributed by atoms with Crippen LogP contribution in [-0.2, 0) is 4.74 Å². The predicted octanol–water partition coefficient (Wildman–Crippen LogP) is 4.05. The smallest absolute Gasteiger partial charge is 0.337 e. The standard InChI is InChI=1S/C14H14F2O2/c1-3-4-8-12(13(15)16)10-6-5-7-11(9-10)14(17)18-2/h3,5-7,9H,1,4,8H2,2H3. The third kappa shape index (κ3) is 3.52. The molecule has 0 aromatic heterocycles. The van der Waals surface area contributed by atoms with Gasteiger partial charge in [-0.2, -0.15) is 8.78 Å². The Morgan fingerprint density at radius 2 is 2.06 bits per heavy atom. The quantitative estimate of drug-likeness (QED) is 0.583. The molecule has 0 aliphatic carbocycles. The van der Waals surface area contributed by atoms with E-state index >= 15 is 0 Å². The highest BCUT2D eigenvalue weighted by Gasteiger charge is 2.12. The molecule has 1 aromatic carbocycles. The van der Waals surface area contributed by atoms with Crippen LogP contribution in [0.25, 0.3) is 5.57 Å². The van der Waals surface area contributed by atoms with E-state index in [2.05, 4.69) is 11.3 Å². The number of esters is 1. The van der Waals surface area contributed by atoms with Gasteiger partial charge < -0.3 is 4.74 Å². The largest absolute Gasteiger partial charge is 0.465 e. The molecule has 0 fully saturated rings. The fourth-order valence-electron chi connectivity index (χ4n) is 1.55. The van der Waals surface area contributed by atoms with Crippen molar-refractivity contribution in [2.24, 2.45) is 0 Å². The van der Waals surface area contributed by atoms with Crippen LogP contribution in [0.4, 0.5) is 8.78 Å². The van der Waals surface area contributed by atoms with Gasteiger partial charge in [0, 0.05) is 5.57 Å². The average molecular weight is 252 g/mol. The van der Waals surface area contributed by atoms with Crippen molar-refractivity contribution in [3.05, 3.63) is 54.1 Å². The summed E-state index contributed by atoms with van der Waals surface area (Å²) in [5.41, 5.74) is 0.521. The zero-order chi connectivity index (χ0) is 13.5. The van der Waals surface area contributed by atoms with Gasteiger partial charge in [-0.1, -0.05) is 18.2 Å². The Labute approximate surface area is 105 Å². The maximum Gasteiger partial charge on any atom is 0.337 e. The van der Waals surface area contributed by atoms with E-state index in [0.29, 0.717) is 12.0 Å². The SMILES string of the molecule is C=CCCC(=C(F)F)c1cccc(C(=O)OC)c1. The Morgan fingerprint density at radius 1 is 1.39 bits per heavy atom. The van der Waals surface area contributed by atoms with Crippen molar-refractivity contribution in [3.8, 4) is 0 Å². The number of carbonyl (C=O) groups excluding carboxylic acids is 1. The minimum absolute atomic E-state index is 0.0688. The van der Waals surface area contributed by atoms with Crippen LogP contribution in [-0.4, -0.2) is 13.1 Å². The molecule has 0 atom stereocenters. The molecule has 0 saturated carbocycles. The molecule has 0 heterocycles. The summed E-state index contributed by atoms with van der Waals surface area (Å²) in [7, 11) is 1.25. The van der Waals surface area contributed by atoms with Crippen LogP contribution < -0.4 is 0 Å². The Bertz CT molecular complexity index is 474. The third-order valence-corrected chi connectivity index (χ3v) is 2.46. The Kier molecular flexibility index (Phi) is 5.24. The number of carbonyl (C=O) groups is 1. The van der Waals surface area contributed by atoms with Crippen LogP contribution >= 0.6 is 0 Å². The summed E-state index contributed by atoms with van der Waals surface area (Å²) in [4.78, 5) is 11.3. The minimum atomic E-state index is -1.74. The monoisotopic (exact) mass is 252 g/mol. The molecular weight excluding hydrogens is 238 g/mol. The molecule has 18 heavy (non-hydrogen) atoms. The van der Waals surface area contributed by atoms with Crippen LogP contribution in [0.15, 0.2) is 43.0 Å². The molecule has 0 N–H and O–H groups in total. The van der Waals surface area contributed by atoms with Gasteiger partial charge in [-0.15, -0.1) is 6.58 Å². The number of halogens is 2. The van der Waals surface area contributed by atoms with E-state index in [1.807, 2.05) is 0 Å². The van der Waals surface area contributed by atoms with E-state index in [9.17, 15) is 13.6 Å². The number of hydrogen-bond donors (Lipinski definition) is 0. The van der Waals surface area contributed by atoms with Gasteiger partial charge in [0.2, 0.25) is 0 Å². The Balaban J connectivity index is 3.10. The van der Waals surface area contributed by atoms with Crippen LogP contribution in [0, 0.1) is 0 Å². The molecule has 0 amide bonds. The lowest BCUT2D eigenvalue weighted by atomic mass is 10.00. The van der Waals surface area contributed by atoms with E-state index in [1.54, 1.807) is 18.2 Å². The average Bonchev–Trinajstić information content (AvgIpc) is 2.38. The van der Waals surface area contributed by atoms with Crippen molar-refractivity contribution in [2.75, 3.05) is 7.11 Å². The lowest BCUT2D eigenvalue weighted by molar-refractivity contribution is 0.0600. The first-order valence-corrected chi connectivity index (χ1v) is 5.44. The third-order valence-electron chi connectivity index (χ3n) is 2.46. The first-order valence-electron chi connectivity index (χ1n) is 5.44. The fourth-order valence-corrected chi connectivity index (χ4v) is 1.55. The van der Waals surface area contributed by atoms with Gasteiger partial charge in [-0.3, -0.25) is 0 Å². The minimum Gasteiger partial charge on any atom is -0.465 e. The first kappa shape index (κ1) is 14.1. The summed E-state index contributed by atoms with van der Waals surface area (Å²) >= 11 is 0. The summed E-state index contributed by atoms with van der Waals surface area (Å²) < 4.78 is 30.3. The van der Waals surface area contributed by atoms with E-state index in [0.717, 1.165) is 0 Å². The number of allylic oxidation sites excluding steroid dienone is 2. The maximum absolute atomic E-state index is 12.9. The summed E-state index contributed by atoms with van der Waals surface area (Å²) in [6.45, 7) is 3.50. The fraction of sp³-hybridized carbons (Fsp3) is 0.214. The van der Waals surface area contributed by atoms with E-state index < -0.39 is 12.0 Å². The van der Waals surface area contributed by atoms with Gasteiger partial charge in [0.25, 0.3) is 6.08 Å². The zero-order valence-corrected chi connectivity index (χ0v) is 10.1. The number of methoxy groups -OCH3 is 1. The molecule has 0 saturated heterocycles. The number of rotatable bonds is 5. The van der Waals surface area contributed by atoms with Gasteiger partial charge in [-0.05, 0) is 30.5 Å². The molecular formula is C14H14F2O2. The first-order chi connectivity index (χ1) is 8.60. The molecule has 0 spiro atoms. The van der Waals surface area contributed by atoms with Gasteiger partial charge in [0.05, 0.1) is 12.7 Å². The van der Waals surface area contributed by atoms with Crippen LogP contribution in [0.1, 0.15) is 28.8 Å². The molecule has 0 aliphatic rings. The van der Waals surface area contributed by atoms with E-state index in [1.165, 1.54) is 19.2 Å². The molecule has 96 valence electrons. The number of benzene rings is 1. The summed E-state index contributed by atoms with van der Waals surface area (Å²) in [6.07, 6.45) is 0.484. The molecule has 0 bridgehead atoms. The van der Waals surface area contributed by atoms with Crippen molar-refractivity contribution in [2.45, 2.75) is 12.8 Å². The van der Waals surface area contributed by atoms with Gasteiger partial charge >= 0.3 is 5.97 Å². The second-order valence-corrected chi connectivity index (χ2v) is 3.64. The second-order valence-electron chi connectivity index (χ2n) is 3.64. The van der Waals surface area contributed by atoms with Crippen molar-refractivity contribution in [1.29, 1.82) is 0 Å². The van der Waals surface area contributed by atoms with Crippen molar-refractivity contribution >= 4 is 11.5 Å². The van der Waals surface area contributed by atoms with Crippen molar-refractivity contribution < 1.29 is 18.3 Å². The molecule has 0 unspecified atom stereocenters. The molecule has 0 aliphatic heterocycles. The lowest BCUT2D eigenvalue weighted by Gasteiger charge is -2.07. The van der Waals surface area contributed by atoms with E-state index in [4.69, 9.17) is 0 Å². The summed E-state index contributed by atoms with van der Waals surface area (Å²) in [5, 5.41) is 0. The maximum atomic E-state index is 12.9. The number of hydrogen-bond acceptors (Lipinski definition) is 2. The molecule has 1 aromatic rings. The van der Waals surface area contributed by atoms with Crippen LogP contribution in [0.3, 0.4) is 0 Å². The lowest BCUT2D eigenvalue weighted by Crippen LogP contribution is -2.01. The summed E-state index contributed by atoms with van der Waals surface area (Å²) in [6, 6.07) is 6.03. The molecule has 4 heteroatoms. The highest BCUT2D eigenvalue weighted by atomic mass is 19.3. The molecule has 0 radical (unpaired) electrons. The summed E-state index contributed by atoms with van der Waals surface area (Å²) in [5.74, 6) is -0.542. The van der Waals surface area contributed by atoms with Gasteiger partial charge in [0.1, 0.15) is 0 Å². The highest BCUT2D eigenvalue weighted by molar-refractivity contribution is 5.90. The van der Waals surface area contributed by atoms with Gasteiger partial charge in [0.15, 0.2) is 0 Å². The normalized spacial score (nSPS) is 9.72. The Hall–Kier alpha value is -1.97. The molecule has 1 rings (SSSR count). The topological polar surface area (TPSA) is 26.3 Å². The zero-order valence-electron chi connectivity index (χ0n) is 10.1.